The summed E-state index contributed by atoms with van der Waals surface area (Å²) in [4.78, 5) is 37.7. The Kier molecular flexibility index (Phi) is 5.41. The van der Waals surface area contributed by atoms with Gasteiger partial charge >= 0.3 is 6.09 Å². The topological polar surface area (TPSA) is 108 Å². The van der Waals surface area contributed by atoms with Gasteiger partial charge in [-0.1, -0.05) is 30.3 Å². The number of benzene rings is 1. The number of ether oxygens (including phenoxy) is 1. The first-order valence-electron chi connectivity index (χ1n) is 8.69. The second-order valence-electron chi connectivity index (χ2n) is 6.73. The number of nitrogens with one attached hydrogen (secondary N) is 2. The highest BCUT2D eigenvalue weighted by Gasteiger charge is 2.48. The van der Waals surface area contributed by atoms with Gasteiger partial charge in [-0.2, -0.15) is 0 Å². The molecule has 1 aromatic rings. The Hall–Kier alpha value is -2.61. The minimum absolute atomic E-state index is 0.0471. The van der Waals surface area contributed by atoms with Gasteiger partial charge in [-0.25, -0.2) is 4.79 Å². The van der Waals surface area contributed by atoms with E-state index in [-0.39, 0.29) is 23.8 Å². The normalized spacial score (nSPS) is 19.3. The monoisotopic (exact) mass is 361 g/mol. The highest BCUT2D eigenvalue weighted by Crippen LogP contribution is 2.36. The standard InChI is InChI=1S/C18H23N3O5/c22-10-14(20-17(25)26-11-13-4-2-1-3-5-13)15(23)21-8-6-18(7-9-21)12-19-16(18)24/h1-5,14,22H,6-12H2,(H,19,24)(H,20,25)/t14-/m0/s1. The first-order chi connectivity index (χ1) is 12.5. The number of β-lactam (4-membered cyclic amide) rings is 1. The highest BCUT2D eigenvalue weighted by atomic mass is 16.5. The van der Waals surface area contributed by atoms with Crippen LogP contribution in [-0.2, 0) is 20.9 Å². The van der Waals surface area contributed by atoms with Gasteiger partial charge in [-0.05, 0) is 18.4 Å². The summed E-state index contributed by atoms with van der Waals surface area (Å²) >= 11 is 0. The Bertz CT molecular complexity index is 671. The molecule has 0 saturated carbocycles. The molecule has 26 heavy (non-hydrogen) atoms. The molecular formula is C18H23N3O5. The lowest BCUT2D eigenvalue weighted by Gasteiger charge is -2.46. The first kappa shape index (κ1) is 18.2. The molecule has 2 saturated heterocycles. The number of aliphatic hydroxyl groups is 1. The van der Waals surface area contributed by atoms with Crippen molar-refractivity contribution in [3.8, 4) is 0 Å². The van der Waals surface area contributed by atoms with Gasteiger partial charge in [0.1, 0.15) is 12.6 Å². The third-order valence-corrected chi connectivity index (χ3v) is 5.09. The molecule has 3 N–H and O–H groups in total. The molecule has 8 heteroatoms. The summed E-state index contributed by atoms with van der Waals surface area (Å²) in [5.41, 5.74) is 0.489. The van der Waals surface area contributed by atoms with Crippen LogP contribution in [0.4, 0.5) is 4.79 Å². The molecule has 8 nitrogen and oxygen atoms in total. The summed E-state index contributed by atoms with van der Waals surface area (Å²) < 4.78 is 5.09. The van der Waals surface area contributed by atoms with Crippen molar-refractivity contribution in [2.24, 2.45) is 5.41 Å². The molecule has 0 aliphatic carbocycles. The molecule has 2 fully saturated rings. The largest absolute Gasteiger partial charge is 0.445 e. The summed E-state index contributed by atoms with van der Waals surface area (Å²) in [6.45, 7) is 1.09. The van der Waals surface area contributed by atoms with Crippen molar-refractivity contribution in [3.05, 3.63) is 35.9 Å². The second kappa shape index (κ2) is 7.74. The lowest BCUT2D eigenvalue weighted by atomic mass is 9.72. The number of rotatable bonds is 5. The number of hydrogen-bond donors (Lipinski definition) is 3. The average Bonchev–Trinajstić information content (AvgIpc) is 2.69. The second-order valence-corrected chi connectivity index (χ2v) is 6.73. The number of likely N-dealkylation sites (tertiary alicyclic amines) is 1. The Morgan fingerprint density at radius 1 is 1.27 bits per heavy atom. The minimum atomic E-state index is -1.05. The van der Waals surface area contributed by atoms with Crippen molar-refractivity contribution in [1.82, 2.24) is 15.5 Å². The minimum Gasteiger partial charge on any atom is -0.445 e. The molecule has 2 heterocycles. The molecule has 2 aliphatic heterocycles. The van der Waals surface area contributed by atoms with E-state index in [2.05, 4.69) is 10.6 Å². The molecular weight excluding hydrogens is 338 g/mol. The number of hydrogen-bond acceptors (Lipinski definition) is 5. The number of carbonyl (C=O) groups excluding carboxylic acids is 3. The fourth-order valence-electron chi connectivity index (χ4n) is 3.28. The van der Waals surface area contributed by atoms with Crippen LogP contribution in [-0.4, -0.2) is 60.2 Å². The van der Waals surface area contributed by atoms with E-state index in [1.165, 1.54) is 0 Å². The van der Waals surface area contributed by atoms with Gasteiger partial charge in [0.05, 0.1) is 12.0 Å². The van der Waals surface area contributed by atoms with Crippen LogP contribution in [0.1, 0.15) is 18.4 Å². The number of aliphatic hydroxyl groups excluding tert-OH is 1. The van der Waals surface area contributed by atoms with Crippen molar-refractivity contribution in [2.45, 2.75) is 25.5 Å². The van der Waals surface area contributed by atoms with Crippen LogP contribution >= 0.6 is 0 Å². The van der Waals surface area contributed by atoms with Crippen LogP contribution in [0.3, 0.4) is 0 Å². The third kappa shape index (κ3) is 3.80. The predicted octanol–water partition coefficient (Wildman–Crippen LogP) is 0.0123. The van der Waals surface area contributed by atoms with Gasteiger partial charge in [-0.3, -0.25) is 9.59 Å². The van der Waals surface area contributed by atoms with E-state index in [0.29, 0.717) is 32.5 Å². The number of carbonyl (C=O) groups is 3. The van der Waals surface area contributed by atoms with Crippen molar-refractivity contribution >= 4 is 17.9 Å². The van der Waals surface area contributed by atoms with Crippen molar-refractivity contribution in [2.75, 3.05) is 26.2 Å². The van der Waals surface area contributed by atoms with Gasteiger partial charge in [-0.15, -0.1) is 0 Å². The zero-order chi connectivity index (χ0) is 18.6. The molecule has 0 aromatic heterocycles. The summed E-state index contributed by atoms with van der Waals surface area (Å²) in [7, 11) is 0. The van der Waals surface area contributed by atoms with E-state index in [1.54, 1.807) is 4.90 Å². The van der Waals surface area contributed by atoms with Gasteiger partial charge < -0.3 is 25.4 Å². The Balaban J connectivity index is 1.47. The summed E-state index contributed by atoms with van der Waals surface area (Å²) in [5, 5.41) is 14.6. The lowest BCUT2D eigenvalue weighted by Crippen LogP contribution is -2.64. The van der Waals surface area contributed by atoms with Crippen LogP contribution in [0.5, 0.6) is 0 Å². The third-order valence-electron chi connectivity index (χ3n) is 5.09. The molecule has 3 amide bonds. The van der Waals surface area contributed by atoms with Crippen molar-refractivity contribution < 1.29 is 24.2 Å². The zero-order valence-electron chi connectivity index (χ0n) is 14.4. The van der Waals surface area contributed by atoms with Crippen LogP contribution in [0, 0.1) is 5.41 Å². The predicted molar refractivity (Wildman–Crippen MR) is 91.9 cm³/mol. The molecule has 2 aliphatic rings. The van der Waals surface area contributed by atoms with Crippen LogP contribution in [0.25, 0.3) is 0 Å². The summed E-state index contributed by atoms with van der Waals surface area (Å²) in [5.74, 6) is -0.315. The maximum Gasteiger partial charge on any atom is 0.408 e. The van der Waals surface area contributed by atoms with E-state index >= 15 is 0 Å². The molecule has 0 radical (unpaired) electrons. The molecule has 1 spiro atoms. The van der Waals surface area contributed by atoms with Crippen molar-refractivity contribution in [1.29, 1.82) is 0 Å². The fraction of sp³-hybridized carbons (Fsp3) is 0.500. The Morgan fingerprint density at radius 2 is 1.96 bits per heavy atom. The first-order valence-corrected chi connectivity index (χ1v) is 8.69. The number of amides is 3. The molecule has 1 atom stereocenters. The van der Waals surface area contributed by atoms with Gasteiger partial charge in [0.25, 0.3) is 0 Å². The van der Waals surface area contributed by atoms with E-state index in [1.807, 2.05) is 30.3 Å². The molecule has 0 unspecified atom stereocenters. The van der Waals surface area contributed by atoms with Gasteiger partial charge in [0, 0.05) is 19.6 Å². The molecule has 3 rings (SSSR count). The smallest absolute Gasteiger partial charge is 0.408 e. The Morgan fingerprint density at radius 3 is 2.50 bits per heavy atom. The maximum atomic E-state index is 12.5. The SMILES string of the molecule is O=C(N[C@@H](CO)C(=O)N1CCC2(CC1)CNC2=O)OCc1ccccc1. The fourth-order valence-corrected chi connectivity index (χ4v) is 3.28. The van der Waals surface area contributed by atoms with Gasteiger partial charge in [0.15, 0.2) is 0 Å². The van der Waals surface area contributed by atoms with E-state index in [0.717, 1.165) is 5.56 Å². The van der Waals surface area contributed by atoms with Crippen LogP contribution in [0.2, 0.25) is 0 Å². The molecule has 1 aromatic carbocycles. The quantitative estimate of drug-likeness (QED) is 0.641. The van der Waals surface area contributed by atoms with Crippen molar-refractivity contribution in [3.63, 3.8) is 0 Å². The molecule has 140 valence electrons. The number of nitrogens with zero attached hydrogens (tertiary/aromatic N) is 1. The highest BCUT2D eigenvalue weighted by molar-refractivity contribution is 5.90. The summed E-state index contributed by atoms with van der Waals surface area (Å²) in [6.07, 6.45) is 0.440. The molecule has 0 bridgehead atoms. The zero-order valence-corrected chi connectivity index (χ0v) is 14.4. The van der Waals surface area contributed by atoms with Gasteiger partial charge in [0.2, 0.25) is 11.8 Å². The van der Waals surface area contributed by atoms with Crippen LogP contribution < -0.4 is 10.6 Å². The number of piperidine rings is 1. The van der Waals surface area contributed by atoms with E-state index < -0.39 is 18.7 Å². The Labute approximate surface area is 151 Å². The lowest BCUT2D eigenvalue weighted by molar-refractivity contribution is -0.149. The summed E-state index contributed by atoms with van der Waals surface area (Å²) in [6, 6.07) is 8.12. The van der Waals surface area contributed by atoms with E-state index in [4.69, 9.17) is 4.74 Å². The average molecular weight is 361 g/mol. The number of alkyl carbamates (subject to hydrolysis) is 1. The van der Waals surface area contributed by atoms with E-state index in [9.17, 15) is 19.5 Å². The van der Waals surface area contributed by atoms with Crippen LogP contribution in [0.15, 0.2) is 30.3 Å². The maximum absolute atomic E-state index is 12.5.